The standard InChI is InChI=1S/C10H17NO2/c1-4-7-10(12)11(8-5-2)13-9-6-3/h4-5H,1-2,6-9H2,3H3. The van der Waals surface area contributed by atoms with Gasteiger partial charge in [0.25, 0.3) is 0 Å². The Hall–Kier alpha value is -1.09. The lowest BCUT2D eigenvalue weighted by molar-refractivity contribution is -0.182. The number of carbonyl (C=O) groups excluding carboxylic acids is 1. The zero-order valence-corrected chi connectivity index (χ0v) is 8.16. The Morgan fingerprint density at radius 2 is 2.15 bits per heavy atom. The van der Waals surface area contributed by atoms with Crippen molar-refractivity contribution in [1.82, 2.24) is 5.06 Å². The van der Waals surface area contributed by atoms with Gasteiger partial charge in [0.2, 0.25) is 5.91 Å². The number of rotatable bonds is 7. The minimum atomic E-state index is -0.0802. The maximum Gasteiger partial charge on any atom is 0.250 e. The monoisotopic (exact) mass is 183 g/mol. The largest absolute Gasteiger partial charge is 0.272 e. The maximum atomic E-state index is 11.3. The van der Waals surface area contributed by atoms with E-state index in [0.717, 1.165) is 6.42 Å². The Morgan fingerprint density at radius 1 is 1.46 bits per heavy atom. The molecule has 0 saturated carbocycles. The van der Waals surface area contributed by atoms with E-state index in [-0.39, 0.29) is 5.91 Å². The number of amides is 1. The Kier molecular flexibility index (Phi) is 6.92. The van der Waals surface area contributed by atoms with Gasteiger partial charge in [0.05, 0.1) is 13.2 Å². The summed E-state index contributed by atoms with van der Waals surface area (Å²) in [5.74, 6) is -0.0802. The second-order valence-corrected chi connectivity index (χ2v) is 2.57. The number of carbonyl (C=O) groups is 1. The zero-order chi connectivity index (χ0) is 10.1. The van der Waals surface area contributed by atoms with E-state index in [1.165, 1.54) is 5.06 Å². The number of hydrogen-bond acceptors (Lipinski definition) is 2. The molecular weight excluding hydrogens is 166 g/mol. The van der Waals surface area contributed by atoms with Crippen molar-refractivity contribution < 1.29 is 9.63 Å². The van der Waals surface area contributed by atoms with Gasteiger partial charge < -0.3 is 0 Å². The summed E-state index contributed by atoms with van der Waals surface area (Å²) in [5, 5.41) is 1.32. The van der Waals surface area contributed by atoms with Crippen LogP contribution in [0.2, 0.25) is 0 Å². The Bertz CT molecular complexity index is 178. The van der Waals surface area contributed by atoms with Gasteiger partial charge in [0, 0.05) is 6.42 Å². The van der Waals surface area contributed by atoms with Crippen LogP contribution in [0, 0.1) is 0 Å². The highest BCUT2D eigenvalue weighted by molar-refractivity contribution is 5.76. The molecule has 0 atom stereocenters. The molecule has 74 valence electrons. The molecule has 13 heavy (non-hydrogen) atoms. The number of hydroxylamine groups is 2. The molecule has 3 nitrogen and oxygen atoms in total. The molecule has 0 aliphatic rings. The molecule has 0 fully saturated rings. The summed E-state index contributed by atoms with van der Waals surface area (Å²) in [6.45, 7) is 10.0. The molecule has 1 amide bonds. The van der Waals surface area contributed by atoms with Crippen LogP contribution in [0.4, 0.5) is 0 Å². The SMILES string of the molecule is C=CCC(=O)N(CC=C)OCCC. The van der Waals surface area contributed by atoms with Gasteiger partial charge in [-0.2, -0.15) is 0 Å². The first kappa shape index (κ1) is 11.9. The molecule has 0 heterocycles. The van der Waals surface area contributed by atoms with Crippen LogP contribution in [0.15, 0.2) is 25.3 Å². The van der Waals surface area contributed by atoms with Crippen LogP contribution in [0.25, 0.3) is 0 Å². The van der Waals surface area contributed by atoms with Crippen molar-refractivity contribution >= 4 is 5.91 Å². The fourth-order valence-corrected chi connectivity index (χ4v) is 0.771. The molecule has 0 rings (SSSR count). The first-order valence-corrected chi connectivity index (χ1v) is 4.41. The predicted octanol–water partition coefficient (Wildman–Crippen LogP) is 1.92. The molecule has 0 aliphatic heterocycles. The Balaban J connectivity index is 3.97. The lowest BCUT2D eigenvalue weighted by Crippen LogP contribution is -2.31. The molecule has 0 N–H and O–H groups in total. The van der Waals surface area contributed by atoms with E-state index in [0.29, 0.717) is 19.6 Å². The van der Waals surface area contributed by atoms with Crippen molar-refractivity contribution in [3.05, 3.63) is 25.3 Å². The second-order valence-electron chi connectivity index (χ2n) is 2.57. The van der Waals surface area contributed by atoms with Gasteiger partial charge >= 0.3 is 0 Å². The van der Waals surface area contributed by atoms with Crippen LogP contribution in [0.5, 0.6) is 0 Å². The summed E-state index contributed by atoms with van der Waals surface area (Å²) in [4.78, 5) is 16.5. The summed E-state index contributed by atoms with van der Waals surface area (Å²) >= 11 is 0. The summed E-state index contributed by atoms with van der Waals surface area (Å²) in [6, 6.07) is 0. The first-order chi connectivity index (χ1) is 6.26. The number of hydrogen-bond donors (Lipinski definition) is 0. The lowest BCUT2D eigenvalue weighted by atomic mass is 10.4. The van der Waals surface area contributed by atoms with Gasteiger partial charge in [-0.3, -0.25) is 9.63 Å². The normalized spacial score (nSPS) is 9.31. The average Bonchev–Trinajstić information content (AvgIpc) is 2.12. The van der Waals surface area contributed by atoms with Gasteiger partial charge in [-0.05, 0) is 6.42 Å². The molecule has 0 aromatic heterocycles. The zero-order valence-electron chi connectivity index (χ0n) is 8.16. The molecule has 0 aliphatic carbocycles. The first-order valence-electron chi connectivity index (χ1n) is 4.41. The van der Waals surface area contributed by atoms with Crippen LogP contribution in [-0.2, 0) is 9.63 Å². The third-order valence-electron chi connectivity index (χ3n) is 1.34. The van der Waals surface area contributed by atoms with Crippen LogP contribution >= 0.6 is 0 Å². The fraction of sp³-hybridized carbons (Fsp3) is 0.500. The third-order valence-corrected chi connectivity index (χ3v) is 1.34. The highest BCUT2D eigenvalue weighted by Gasteiger charge is 2.09. The summed E-state index contributed by atoms with van der Waals surface area (Å²) in [7, 11) is 0. The molecule has 0 aromatic carbocycles. The molecular formula is C10H17NO2. The van der Waals surface area contributed by atoms with Crippen molar-refractivity contribution in [2.45, 2.75) is 19.8 Å². The minimum Gasteiger partial charge on any atom is -0.272 e. The van der Waals surface area contributed by atoms with Crippen LogP contribution < -0.4 is 0 Å². The topological polar surface area (TPSA) is 29.5 Å². The van der Waals surface area contributed by atoms with E-state index in [1.54, 1.807) is 12.2 Å². The van der Waals surface area contributed by atoms with Crippen molar-refractivity contribution in [2.75, 3.05) is 13.2 Å². The average molecular weight is 183 g/mol. The minimum absolute atomic E-state index is 0.0802. The summed E-state index contributed by atoms with van der Waals surface area (Å²) in [5.41, 5.74) is 0. The van der Waals surface area contributed by atoms with E-state index in [9.17, 15) is 4.79 Å². The van der Waals surface area contributed by atoms with Gasteiger partial charge in [-0.15, -0.1) is 13.2 Å². The van der Waals surface area contributed by atoms with Gasteiger partial charge in [0.15, 0.2) is 0 Å². The molecule has 0 radical (unpaired) electrons. The van der Waals surface area contributed by atoms with Gasteiger partial charge in [-0.1, -0.05) is 19.1 Å². The summed E-state index contributed by atoms with van der Waals surface area (Å²) in [6.07, 6.45) is 4.39. The maximum absolute atomic E-state index is 11.3. The molecule has 0 bridgehead atoms. The highest BCUT2D eigenvalue weighted by Crippen LogP contribution is 1.97. The Labute approximate surface area is 79.6 Å². The van der Waals surface area contributed by atoms with E-state index >= 15 is 0 Å². The van der Waals surface area contributed by atoms with Crippen molar-refractivity contribution in [3.63, 3.8) is 0 Å². The smallest absolute Gasteiger partial charge is 0.250 e. The van der Waals surface area contributed by atoms with Crippen molar-refractivity contribution in [2.24, 2.45) is 0 Å². The van der Waals surface area contributed by atoms with E-state index in [1.807, 2.05) is 6.92 Å². The van der Waals surface area contributed by atoms with Crippen molar-refractivity contribution in [3.8, 4) is 0 Å². The number of nitrogens with zero attached hydrogens (tertiary/aromatic N) is 1. The van der Waals surface area contributed by atoms with Crippen LogP contribution in [-0.4, -0.2) is 24.1 Å². The van der Waals surface area contributed by atoms with E-state index in [2.05, 4.69) is 13.2 Å². The quantitative estimate of drug-likeness (QED) is 0.446. The van der Waals surface area contributed by atoms with E-state index in [4.69, 9.17) is 4.84 Å². The molecule has 0 saturated heterocycles. The van der Waals surface area contributed by atoms with Gasteiger partial charge in [0.1, 0.15) is 0 Å². The fourth-order valence-electron chi connectivity index (χ4n) is 0.771. The van der Waals surface area contributed by atoms with Crippen LogP contribution in [0.1, 0.15) is 19.8 Å². The van der Waals surface area contributed by atoms with Gasteiger partial charge in [-0.25, -0.2) is 5.06 Å². The van der Waals surface area contributed by atoms with Crippen molar-refractivity contribution in [1.29, 1.82) is 0 Å². The van der Waals surface area contributed by atoms with Crippen LogP contribution in [0.3, 0.4) is 0 Å². The highest BCUT2D eigenvalue weighted by atomic mass is 16.7. The summed E-state index contributed by atoms with van der Waals surface area (Å²) < 4.78 is 0. The Morgan fingerprint density at radius 3 is 2.62 bits per heavy atom. The molecule has 0 unspecified atom stereocenters. The lowest BCUT2D eigenvalue weighted by Gasteiger charge is -2.19. The van der Waals surface area contributed by atoms with E-state index < -0.39 is 0 Å². The third kappa shape index (κ3) is 5.20. The molecule has 3 heteroatoms. The second kappa shape index (κ2) is 7.55. The molecule has 0 spiro atoms. The predicted molar refractivity (Wildman–Crippen MR) is 53.0 cm³/mol. The molecule has 0 aromatic rings.